The summed E-state index contributed by atoms with van der Waals surface area (Å²) in [6.07, 6.45) is 1.46. The molecular formula is C14H20N2O5. The molecule has 2 N–H and O–H groups in total. The van der Waals surface area contributed by atoms with E-state index in [0.717, 1.165) is 12.8 Å². The lowest BCUT2D eigenvalue weighted by Crippen LogP contribution is -2.39. The van der Waals surface area contributed by atoms with E-state index in [4.69, 9.17) is 9.47 Å². The minimum absolute atomic E-state index is 0.0289. The number of aliphatic hydroxyl groups is 1. The molecule has 0 aliphatic carbocycles. The van der Waals surface area contributed by atoms with Crippen LogP contribution in [0.5, 0.6) is 5.75 Å². The number of nitrogens with one attached hydrogen (secondary N) is 1. The Morgan fingerprint density at radius 3 is 2.76 bits per heavy atom. The minimum atomic E-state index is -0.462. The highest BCUT2D eigenvalue weighted by atomic mass is 16.6. The Hall–Kier alpha value is -1.86. The van der Waals surface area contributed by atoms with Crippen LogP contribution in [0.25, 0.3) is 0 Å². The van der Waals surface area contributed by atoms with Crippen LogP contribution >= 0.6 is 0 Å². The molecule has 7 nitrogen and oxygen atoms in total. The molecule has 1 fully saturated rings. The second-order valence-corrected chi connectivity index (χ2v) is 5.24. The van der Waals surface area contributed by atoms with Crippen LogP contribution in [0.4, 0.5) is 11.4 Å². The number of rotatable bonds is 6. The third-order valence-corrected chi connectivity index (χ3v) is 3.94. The number of nitrogens with zero attached hydrogens (tertiary/aromatic N) is 1. The molecule has 1 heterocycles. The maximum absolute atomic E-state index is 11.2. The van der Waals surface area contributed by atoms with Gasteiger partial charge >= 0.3 is 5.69 Å². The summed E-state index contributed by atoms with van der Waals surface area (Å²) in [5.41, 5.74) is 0.0219. The lowest BCUT2D eigenvalue weighted by molar-refractivity contribution is -0.384. The lowest BCUT2D eigenvalue weighted by Gasteiger charge is -2.35. The topological polar surface area (TPSA) is 93.9 Å². The van der Waals surface area contributed by atoms with Gasteiger partial charge in [-0.05, 0) is 25.0 Å². The number of hydrogen-bond donors (Lipinski definition) is 2. The Kier molecular flexibility index (Phi) is 4.98. The van der Waals surface area contributed by atoms with E-state index >= 15 is 0 Å². The van der Waals surface area contributed by atoms with Crippen molar-refractivity contribution in [3.05, 3.63) is 28.3 Å². The van der Waals surface area contributed by atoms with Crippen LogP contribution in [-0.4, -0.2) is 43.5 Å². The molecule has 0 atom stereocenters. The molecule has 0 aromatic heterocycles. The molecule has 7 heteroatoms. The maximum Gasteiger partial charge on any atom is 0.333 e. The summed E-state index contributed by atoms with van der Waals surface area (Å²) < 4.78 is 10.3. The summed E-state index contributed by atoms with van der Waals surface area (Å²) >= 11 is 0. The average molecular weight is 296 g/mol. The maximum atomic E-state index is 11.2. The monoisotopic (exact) mass is 296 g/mol. The van der Waals surface area contributed by atoms with Gasteiger partial charge in [0.1, 0.15) is 5.69 Å². The highest BCUT2D eigenvalue weighted by molar-refractivity contribution is 5.68. The molecule has 0 bridgehead atoms. The van der Waals surface area contributed by atoms with Crippen LogP contribution in [0, 0.1) is 15.5 Å². The van der Waals surface area contributed by atoms with Crippen LogP contribution in [0.1, 0.15) is 12.8 Å². The summed E-state index contributed by atoms with van der Waals surface area (Å²) in [4.78, 5) is 10.8. The number of hydrogen-bond acceptors (Lipinski definition) is 6. The van der Waals surface area contributed by atoms with Gasteiger partial charge in [-0.3, -0.25) is 10.1 Å². The highest BCUT2D eigenvalue weighted by Gasteiger charge is 2.32. The third-order valence-electron chi connectivity index (χ3n) is 3.94. The van der Waals surface area contributed by atoms with Gasteiger partial charge in [0.25, 0.3) is 0 Å². The van der Waals surface area contributed by atoms with Gasteiger partial charge in [-0.2, -0.15) is 0 Å². The Labute approximate surface area is 123 Å². The zero-order valence-corrected chi connectivity index (χ0v) is 12.0. The van der Waals surface area contributed by atoms with Gasteiger partial charge in [0, 0.05) is 25.2 Å². The van der Waals surface area contributed by atoms with Crippen LogP contribution in [-0.2, 0) is 4.74 Å². The molecule has 21 heavy (non-hydrogen) atoms. The fourth-order valence-corrected chi connectivity index (χ4v) is 2.50. The van der Waals surface area contributed by atoms with E-state index in [1.54, 1.807) is 18.2 Å². The predicted molar refractivity (Wildman–Crippen MR) is 77.7 cm³/mol. The quantitative estimate of drug-likeness (QED) is 0.614. The number of benzene rings is 1. The Morgan fingerprint density at radius 2 is 2.19 bits per heavy atom. The van der Waals surface area contributed by atoms with Crippen molar-refractivity contribution < 1.29 is 19.5 Å². The number of aliphatic hydroxyl groups excluding tert-OH is 1. The van der Waals surface area contributed by atoms with Crippen LogP contribution < -0.4 is 10.1 Å². The van der Waals surface area contributed by atoms with Gasteiger partial charge in [-0.15, -0.1) is 0 Å². The first-order valence-corrected chi connectivity index (χ1v) is 6.86. The molecular weight excluding hydrogens is 276 g/mol. The normalized spacial score (nSPS) is 17.2. The first kappa shape index (κ1) is 15.5. The molecule has 0 saturated carbocycles. The number of methoxy groups -OCH3 is 1. The number of anilines is 1. The predicted octanol–water partition coefficient (Wildman–Crippen LogP) is 1.80. The first-order valence-electron chi connectivity index (χ1n) is 6.86. The molecule has 1 aliphatic rings. The number of nitro groups is 1. The third kappa shape index (κ3) is 3.43. The molecule has 1 saturated heterocycles. The molecule has 0 unspecified atom stereocenters. The van der Waals surface area contributed by atoms with Crippen molar-refractivity contribution in [3.8, 4) is 5.75 Å². The minimum Gasteiger partial charge on any atom is -0.490 e. The molecule has 1 aromatic carbocycles. The zero-order valence-electron chi connectivity index (χ0n) is 12.0. The van der Waals surface area contributed by atoms with Gasteiger partial charge in [0.05, 0.1) is 18.6 Å². The Morgan fingerprint density at radius 1 is 1.48 bits per heavy atom. The van der Waals surface area contributed by atoms with Gasteiger partial charge < -0.3 is 19.9 Å². The fourth-order valence-electron chi connectivity index (χ4n) is 2.50. The Balaban J connectivity index is 2.17. The van der Waals surface area contributed by atoms with E-state index in [0.29, 0.717) is 25.4 Å². The molecule has 0 radical (unpaired) electrons. The van der Waals surface area contributed by atoms with Crippen LogP contribution in [0.2, 0.25) is 0 Å². The van der Waals surface area contributed by atoms with E-state index < -0.39 is 4.92 Å². The molecule has 2 rings (SSSR count). The molecule has 0 spiro atoms. The van der Waals surface area contributed by atoms with E-state index in [-0.39, 0.29) is 23.5 Å². The van der Waals surface area contributed by atoms with Gasteiger partial charge in [0.15, 0.2) is 5.75 Å². The summed E-state index contributed by atoms with van der Waals surface area (Å²) in [5, 5.41) is 24.0. The lowest BCUT2D eigenvalue weighted by atomic mass is 9.81. The van der Waals surface area contributed by atoms with Crippen molar-refractivity contribution in [2.24, 2.45) is 5.41 Å². The van der Waals surface area contributed by atoms with Crippen LogP contribution in [0.15, 0.2) is 18.2 Å². The fraction of sp³-hybridized carbons (Fsp3) is 0.571. The summed E-state index contributed by atoms with van der Waals surface area (Å²) in [6.45, 7) is 1.69. The molecule has 1 aromatic rings. The number of ether oxygens (including phenoxy) is 2. The van der Waals surface area contributed by atoms with Crippen molar-refractivity contribution >= 4 is 11.4 Å². The van der Waals surface area contributed by atoms with E-state index in [1.165, 1.54) is 7.11 Å². The smallest absolute Gasteiger partial charge is 0.333 e. The Bertz CT molecular complexity index is 500. The molecule has 0 amide bonds. The van der Waals surface area contributed by atoms with Gasteiger partial charge in [-0.25, -0.2) is 0 Å². The van der Waals surface area contributed by atoms with E-state index in [2.05, 4.69) is 5.32 Å². The van der Waals surface area contributed by atoms with Crippen molar-refractivity contribution in [1.82, 2.24) is 0 Å². The zero-order chi connectivity index (χ0) is 15.3. The standard InChI is InChI=1S/C14H20N2O5/c1-20-12-4-2-3-11(13(12)16(18)19)15-9-14(10-17)5-7-21-8-6-14/h2-4,15,17H,5-10H2,1H3. The van der Waals surface area contributed by atoms with Crippen molar-refractivity contribution in [2.75, 3.05) is 38.8 Å². The van der Waals surface area contributed by atoms with E-state index in [1.807, 2.05) is 0 Å². The SMILES string of the molecule is COc1cccc(NCC2(CO)CCOCC2)c1[N+](=O)[O-]. The molecule has 116 valence electrons. The largest absolute Gasteiger partial charge is 0.490 e. The second kappa shape index (κ2) is 6.73. The van der Waals surface area contributed by atoms with Gasteiger partial charge in [-0.1, -0.05) is 6.07 Å². The summed E-state index contributed by atoms with van der Waals surface area (Å²) in [5.74, 6) is 0.218. The van der Waals surface area contributed by atoms with E-state index in [9.17, 15) is 15.2 Å². The number of nitro benzene ring substituents is 1. The first-order chi connectivity index (χ1) is 10.1. The summed E-state index contributed by atoms with van der Waals surface area (Å²) in [6, 6.07) is 4.90. The second-order valence-electron chi connectivity index (χ2n) is 5.24. The van der Waals surface area contributed by atoms with Crippen LogP contribution in [0.3, 0.4) is 0 Å². The van der Waals surface area contributed by atoms with Gasteiger partial charge in [0.2, 0.25) is 0 Å². The van der Waals surface area contributed by atoms with Crippen molar-refractivity contribution in [2.45, 2.75) is 12.8 Å². The molecule has 1 aliphatic heterocycles. The highest BCUT2D eigenvalue weighted by Crippen LogP contribution is 2.36. The van der Waals surface area contributed by atoms with Crippen molar-refractivity contribution in [1.29, 1.82) is 0 Å². The average Bonchev–Trinajstić information content (AvgIpc) is 2.53. The summed E-state index contributed by atoms with van der Waals surface area (Å²) in [7, 11) is 1.40. The number of para-hydroxylation sites is 1. The van der Waals surface area contributed by atoms with Crippen molar-refractivity contribution in [3.63, 3.8) is 0 Å².